The van der Waals surface area contributed by atoms with E-state index in [1.165, 1.54) is 5.69 Å². The SMILES string of the molecule is CCOC(=O)C1=C(CN2CCN(c3ccccc3)CC2)NC(=O)N[C@H]1c1cccc(Br)c1. The van der Waals surface area contributed by atoms with Gasteiger partial charge >= 0.3 is 12.0 Å². The van der Waals surface area contributed by atoms with E-state index in [2.05, 4.69) is 48.5 Å². The summed E-state index contributed by atoms with van der Waals surface area (Å²) in [6, 6.07) is 17.1. The molecule has 4 rings (SSSR count). The Morgan fingerprint density at radius 2 is 1.84 bits per heavy atom. The number of rotatable bonds is 6. The molecule has 2 heterocycles. The number of nitrogens with zero attached hydrogens (tertiary/aromatic N) is 2. The highest BCUT2D eigenvalue weighted by Gasteiger charge is 2.34. The monoisotopic (exact) mass is 498 g/mol. The second kappa shape index (κ2) is 10.2. The average molecular weight is 499 g/mol. The van der Waals surface area contributed by atoms with Gasteiger partial charge in [0.15, 0.2) is 0 Å². The van der Waals surface area contributed by atoms with E-state index >= 15 is 0 Å². The highest BCUT2D eigenvalue weighted by Crippen LogP contribution is 2.30. The second-order valence-corrected chi connectivity index (χ2v) is 8.71. The Hall–Kier alpha value is -2.84. The Kier molecular flexibility index (Phi) is 7.12. The van der Waals surface area contributed by atoms with Crippen molar-refractivity contribution in [2.24, 2.45) is 0 Å². The number of carbonyl (C=O) groups excluding carboxylic acids is 2. The molecule has 0 saturated carbocycles. The number of anilines is 1. The Balaban J connectivity index is 1.56. The molecule has 2 aromatic rings. The van der Waals surface area contributed by atoms with Gasteiger partial charge in [0.25, 0.3) is 0 Å². The van der Waals surface area contributed by atoms with Gasteiger partial charge in [0.05, 0.1) is 18.2 Å². The molecule has 2 amide bonds. The number of carbonyl (C=O) groups is 2. The summed E-state index contributed by atoms with van der Waals surface area (Å²) in [6.07, 6.45) is 0. The van der Waals surface area contributed by atoms with Crippen LogP contribution < -0.4 is 15.5 Å². The lowest BCUT2D eigenvalue weighted by Crippen LogP contribution is -2.51. The summed E-state index contributed by atoms with van der Waals surface area (Å²) in [5.41, 5.74) is 3.09. The van der Waals surface area contributed by atoms with Crippen LogP contribution in [-0.4, -0.2) is 56.2 Å². The zero-order valence-corrected chi connectivity index (χ0v) is 19.6. The largest absolute Gasteiger partial charge is 0.463 e. The summed E-state index contributed by atoms with van der Waals surface area (Å²) in [6.45, 7) is 5.96. The molecule has 0 unspecified atom stereocenters. The molecule has 0 aromatic heterocycles. The summed E-state index contributed by atoms with van der Waals surface area (Å²) in [5.74, 6) is -0.414. The fourth-order valence-electron chi connectivity index (χ4n) is 4.16. The van der Waals surface area contributed by atoms with E-state index in [1.54, 1.807) is 6.92 Å². The molecule has 1 atom stereocenters. The summed E-state index contributed by atoms with van der Waals surface area (Å²) in [4.78, 5) is 30.1. The molecule has 7 nitrogen and oxygen atoms in total. The molecule has 8 heteroatoms. The van der Waals surface area contributed by atoms with Crippen molar-refractivity contribution in [3.63, 3.8) is 0 Å². The molecule has 0 spiro atoms. The maximum atomic E-state index is 13.0. The molecule has 32 heavy (non-hydrogen) atoms. The minimum absolute atomic E-state index is 0.268. The first-order valence-corrected chi connectivity index (χ1v) is 11.6. The Morgan fingerprint density at radius 3 is 2.53 bits per heavy atom. The van der Waals surface area contributed by atoms with Gasteiger partial charge in [-0.25, -0.2) is 9.59 Å². The summed E-state index contributed by atoms with van der Waals surface area (Å²) in [7, 11) is 0. The van der Waals surface area contributed by atoms with Crippen LogP contribution in [0.3, 0.4) is 0 Å². The van der Waals surface area contributed by atoms with Crippen molar-refractivity contribution in [1.29, 1.82) is 0 Å². The smallest absolute Gasteiger partial charge is 0.338 e. The van der Waals surface area contributed by atoms with E-state index < -0.39 is 12.0 Å². The number of ether oxygens (including phenoxy) is 1. The fourth-order valence-corrected chi connectivity index (χ4v) is 4.57. The van der Waals surface area contributed by atoms with Crippen LogP contribution in [0.25, 0.3) is 0 Å². The molecule has 0 bridgehead atoms. The Bertz CT molecular complexity index is 1000. The van der Waals surface area contributed by atoms with Crippen molar-refractivity contribution in [1.82, 2.24) is 15.5 Å². The topological polar surface area (TPSA) is 73.9 Å². The summed E-state index contributed by atoms with van der Waals surface area (Å²) < 4.78 is 6.25. The summed E-state index contributed by atoms with van der Waals surface area (Å²) >= 11 is 3.48. The van der Waals surface area contributed by atoms with Gasteiger partial charge in [-0.05, 0) is 36.8 Å². The van der Waals surface area contributed by atoms with Crippen LogP contribution >= 0.6 is 15.9 Å². The van der Waals surface area contributed by atoms with Crippen LogP contribution in [-0.2, 0) is 9.53 Å². The van der Waals surface area contributed by atoms with Gasteiger partial charge in [-0.15, -0.1) is 0 Å². The third-order valence-electron chi connectivity index (χ3n) is 5.71. The van der Waals surface area contributed by atoms with Gasteiger partial charge in [-0.2, -0.15) is 0 Å². The quantitative estimate of drug-likeness (QED) is 0.596. The van der Waals surface area contributed by atoms with Crippen LogP contribution in [0.15, 0.2) is 70.3 Å². The highest BCUT2D eigenvalue weighted by atomic mass is 79.9. The lowest BCUT2D eigenvalue weighted by molar-refractivity contribution is -0.139. The van der Waals surface area contributed by atoms with E-state index in [4.69, 9.17) is 4.74 Å². The third-order valence-corrected chi connectivity index (χ3v) is 6.20. The molecule has 2 aromatic carbocycles. The minimum Gasteiger partial charge on any atom is -0.463 e. The van der Waals surface area contributed by atoms with Crippen LogP contribution in [0.4, 0.5) is 10.5 Å². The van der Waals surface area contributed by atoms with Crippen molar-refractivity contribution < 1.29 is 14.3 Å². The molecule has 1 saturated heterocycles. The number of benzene rings is 2. The van der Waals surface area contributed by atoms with Gasteiger partial charge in [0, 0.05) is 48.6 Å². The molecular weight excluding hydrogens is 472 g/mol. The average Bonchev–Trinajstić information content (AvgIpc) is 2.80. The Labute approximate surface area is 196 Å². The van der Waals surface area contributed by atoms with Crippen LogP contribution in [0.5, 0.6) is 0 Å². The van der Waals surface area contributed by atoms with Gasteiger partial charge in [-0.1, -0.05) is 46.3 Å². The molecule has 2 aliphatic rings. The molecular formula is C24H27BrN4O3. The number of hydrogen-bond donors (Lipinski definition) is 2. The van der Waals surface area contributed by atoms with E-state index in [1.807, 2.05) is 42.5 Å². The maximum Gasteiger partial charge on any atom is 0.338 e. The van der Waals surface area contributed by atoms with E-state index in [0.717, 1.165) is 36.2 Å². The van der Waals surface area contributed by atoms with Crippen molar-refractivity contribution in [3.8, 4) is 0 Å². The van der Waals surface area contributed by atoms with E-state index in [-0.39, 0.29) is 12.6 Å². The van der Waals surface area contributed by atoms with Gasteiger partial charge in [0.1, 0.15) is 0 Å². The lowest BCUT2D eigenvalue weighted by atomic mass is 9.95. The van der Waals surface area contributed by atoms with E-state index in [0.29, 0.717) is 17.8 Å². The molecule has 1 fully saturated rings. The van der Waals surface area contributed by atoms with Gasteiger partial charge < -0.3 is 20.3 Å². The first-order valence-electron chi connectivity index (χ1n) is 10.8. The number of nitrogens with one attached hydrogen (secondary N) is 2. The molecule has 168 valence electrons. The lowest BCUT2D eigenvalue weighted by Gasteiger charge is -2.38. The minimum atomic E-state index is -0.569. The van der Waals surface area contributed by atoms with Crippen LogP contribution in [0, 0.1) is 0 Å². The zero-order chi connectivity index (χ0) is 22.5. The number of hydrogen-bond acceptors (Lipinski definition) is 5. The molecule has 0 aliphatic carbocycles. The molecule has 0 radical (unpaired) electrons. The standard InChI is InChI=1S/C24H27BrN4O3/c1-2-32-23(30)21-20(26-24(31)27-22(21)17-7-6-8-18(25)15-17)16-28-11-13-29(14-12-28)19-9-4-3-5-10-19/h3-10,15,22H,2,11-14,16H2,1H3,(H2,26,27,31)/t22-/m0/s1. The fraction of sp³-hybridized carbons (Fsp3) is 0.333. The first-order chi connectivity index (χ1) is 15.5. The van der Waals surface area contributed by atoms with Crippen molar-refractivity contribution in [2.75, 3.05) is 44.2 Å². The number of amides is 2. The van der Waals surface area contributed by atoms with Gasteiger partial charge in [-0.3, -0.25) is 4.90 Å². The van der Waals surface area contributed by atoms with Crippen molar-refractivity contribution in [2.45, 2.75) is 13.0 Å². The van der Waals surface area contributed by atoms with E-state index in [9.17, 15) is 9.59 Å². The number of para-hydroxylation sites is 1. The first kappa shape index (κ1) is 22.4. The van der Waals surface area contributed by atoms with Crippen LogP contribution in [0.1, 0.15) is 18.5 Å². The Morgan fingerprint density at radius 1 is 1.09 bits per heavy atom. The maximum absolute atomic E-state index is 13.0. The molecule has 2 aliphatic heterocycles. The number of halogens is 1. The predicted octanol–water partition coefficient (Wildman–Crippen LogP) is 3.44. The van der Waals surface area contributed by atoms with Gasteiger partial charge in [0.2, 0.25) is 0 Å². The second-order valence-electron chi connectivity index (χ2n) is 7.80. The molecule has 2 N–H and O–H groups in total. The summed E-state index contributed by atoms with van der Waals surface area (Å²) in [5, 5.41) is 5.76. The number of esters is 1. The van der Waals surface area contributed by atoms with Crippen molar-refractivity contribution in [3.05, 3.63) is 75.9 Å². The third kappa shape index (κ3) is 5.14. The normalized spacial score (nSPS) is 19.4. The van der Waals surface area contributed by atoms with Crippen molar-refractivity contribution >= 4 is 33.6 Å². The highest BCUT2D eigenvalue weighted by molar-refractivity contribution is 9.10. The predicted molar refractivity (Wildman–Crippen MR) is 127 cm³/mol. The van der Waals surface area contributed by atoms with Crippen LogP contribution in [0.2, 0.25) is 0 Å². The number of urea groups is 1. The number of piperazine rings is 1. The zero-order valence-electron chi connectivity index (χ0n) is 18.0.